The average molecular weight is 393 g/mol. The van der Waals surface area contributed by atoms with Gasteiger partial charge in [-0.3, -0.25) is 0 Å². The monoisotopic (exact) mass is 393 g/mol. The van der Waals surface area contributed by atoms with E-state index in [0.29, 0.717) is 35.1 Å². The fourth-order valence-electron chi connectivity index (χ4n) is 2.67. The Morgan fingerprint density at radius 2 is 1.69 bits per heavy atom. The lowest BCUT2D eigenvalue weighted by Gasteiger charge is -2.18. The van der Waals surface area contributed by atoms with Crippen molar-refractivity contribution in [3.63, 3.8) is 0 Å². The zero-order valence-corrected chi connectivity index (χ0v) is 16.5. The van der Waals surface area contributed by atoms with Gasteiger partial charge in [0.05, 0.1) is 6.54 Å². The summed E-state index contributed by atoms with van der Waals surface area (Å²) >= 11 is 0. The molecule has 1 aromatic heterocycles. The topological polar surface area (TPSA) is 99.5 Å². The minimum atomic E-state index is -0.365. The molecule has 0 saturated heterocycles. The smallest absolute Gasteiger partial charge is 0.323 e. The number of aryl methyl sites for hydroxylation is 2. The molecule has 8 heteroatoms. The number of carbonyl (C=O) groups excluding carboxylic acids is 2. The summed E-state index contributed by atoms with van der Waals surface area (Å²) in [5.41, 5.74) is 3.41. The van der Waals surface area contributed by atoms with E-state index in [0.717, 1.165) is 5.56 Å². The van der Waals surface area contributed by atoms with Crippen LogP contribution in [0.15, 0.2) is 59.1 Å². The van der Waals surface area contributed by atoms with Gasteiger partial charge < -0.3 is 25.4 Å². The maximum Gasteiger partial charge on any atom is 0.323 e. The summed E-state index contributed by atoms with van der Waals surface area (Å²) < 4.78 is 5.02. The molecule has 1 heterocycles. The van der Waals surface area contributed by atoms with Gasteiger partial charge in [-0.2, -0.15) is 0 Å². The summed E-state index contributed by atoms with van der Waals surface area (Å²) in [6, 6.07) is 15.6. The fraction of sp³-hybridized carbons (Fsp3) is 0.190. The molecule has 0 bridgehead atoms. The highest BCUT2D eigenvalue weighted by Gasteiger charge is 2.13. The lowest BCUT2D eigenvalue weighted by molar-refractivity contribution is 0.219. The van der Waals surface area contributed by atoms with Crippen molar-refractivity contribution in [2.45, 2.75) is 20.4 Å². The van der Waals surface area contributed by atoms with Gasteiger partial charge in [-0.25, -0.2) is 9.59 Å². The quantitative estimate of drug-likeness (QED) is 0.590. The Labute approximate surface area is 168 Å². The van der Waals surface area contributed by atoms with Gasteiger partial charge in [0.15, 0.2) is 0 Å². The van der Waals surface area contributed by atoms with Gasteiger partial charge >= 0.3 is 12.1 Å². The van der Waals surface area contributed by atoms with E-state index >= 15 is 0 Å². The summed E-state index contributed by atoms with van der Waals surface area (Å²) in [7, 11) is 1.67. The van der Waals surface area contributed by atoms with E-state index in [1.54, 1.807) is 44.3 Å². The third kappa shape index (κ3) is 5.58. The molecule has 0 fully saturated rings. The predicted molar refractivity (Wildman–Crippen MR) is 112 cm³/mol. The number of hydrogen-bond donors (Lipinski definition) is 3. The van der Waals surface area contributed by atoms with Crippen LogP contribution < -0.4 is 16.0 Å². The SMILES string of the molecule is Cc1cc(CN(C)C(=O)Nc2cc(NC(=O)Nc3ccccc3)ccc2C)no1. The van der Waals surface area contributed by atoms with Crippen LogP contribution >= 0.6 is 0 Å². The molecule has 0 aliphatic heterocycles. The highest BCUT2D eigenvalue weighted by atomic mass is 16.5. The van der Waals surface area contributed by atoms with Gasteiger partial charge in [0.25, 0.3) is 0 Å². The first kappa shape index (κ1) is 19.9. The molecule has 3 N–H and O–H groups in total. The van der Waals surface area contributed by atoms with Crippen molar-refractivity contribution < 1.29 is 14.1 Å². The number of aromatic nitrogens is 1. The molecule has 2 aromatic carbocycles. The minimum Gasteiger partial charge on any atom is -0.361 e. The largest absolute Gasteiger partial charge is 0.361 e. The molecule has 0 aliphatic rings. The van der Waals surface area contributed by atoms with Crippen LogP contribution in [0.4, 0.5) is 26.7 Å². The molecule has 0 radical (unpaired) electrons. The van der Waals surface area contributed by atoms with Crippen LogP contribution in [0.5, 0.6) is 0 Å². The van der Waals surface area contributed by atoms with E-state index in [-0.39, 0.29) is 12.1 Å². The van der Waals surface area contributed by atoms with E-state index in [1.165, 1.54) is 4.90 Å². The number of hydrogen-bond acceptors (Lipinski definition) is 4. The fourth-order valence-corrected chi connectivity index (χ4v) is 2.67. The summed E-state index contributed by atoms with van der Waals surface area (Å²) in [4.78, 5) is 26.2. The van der Waals surface area contributed by atoms with Crippen molar-refractivity contribution in [2.75, 3.05) is 23.0 Å². The zero-order chi connectivity index (χ0) is 20.8. The van der Waals surface area contributed by atoms with Crippen molar-refractivity contribution in [3.05, 3.63) is 71.6 Å². The van der Waals surface area contributed by atoms with Crippen molar-refractivity contribution in [3.8, 4) is 0 Å². The van der Waals surface area contributed by atoms with Crippen LogP contribution in [0, 0.1) is 13.8 Å². The number of nitrogens with one attached hydrogen (secondary N) is 3. The Morgan fingerprint density at radius 3 is 2.38 bits per heavy atom. The van der Waals surface area contributed by atoms with Crippen LogP contribution in [0.1, 0.15) is 17.0 Å². The minimum absolute atomic E-state index is 0.292. The molecule has 0 spiro atoms. The molecule has 0 unspecified atom stereocenters. The van der Waals surface area contributed by atoms with E-state index in [9.17, 15) is 9.59 Å². The third-order valence-corrected chi connectivity index (χ3v) is 4.19. The van der Waals surface area contributed by atoms with Crippen LogP contribution in [-0.2, 0) is 6.54 Å². The van der Waals surface area contributed by atoms with Gasteiger partial charge in [-0.1, -0.05) is 29.4 Å². The normalized spacial score (nSPS) is 10.3. The maximum absolute atomic E-state index is 12.5. The Hall–Kier alpha value is -3.81. The summed E-state index contributed by atoms with van der Waals surface area (Å²) in [6.07, 6.45) is 0. The van der Waals surface area contributed by atoms with Crippen molar-refractivity contribution in [1.82, 2.24) is 10.1 Å². The first-order chi connectivity index (χ1) is 13.9. The summed E-state index contributed by atoms with van der Waals surface area (Å²) in [6.45, 7) is 4.00. The van der Waals surface area contributed by atoms with Gasteiger partial charge in [-0.15, -0.1) is 0 Å². The number of urea groups is 2. The first-order valence-electron chi connectivity index (χ1n) is 9.09. The highest BCUT2D eigenvalue weighted by molar-refractivity contribution is 6.00. The zero-order valence-electron chi connectivity index (χ0n) is 16.5. The lowest BCUT2D eigenvalue weighted by Crippen LogP contribution is -2.31. The second kappa shape index (κ2) is 8.92. The molecule has 3 aromatic rings. The lowest BCUT2D eigenvalue weighted by atomic mass is 10.2. The number of anilines is 3. The number of rotatable bonds is 5. The number of amides is 4. The Bertz CT molecular complexity index is 1000. The van der Waals surface area contributed by atoms with Crippen molar-refractivity contribution >= 4 is 29.1 Å². The number of nitrogens with zero attached hydrogens (tertiary/aromatic N) is 2. The third-order valence-electron chi connectivity index (χ3n) is 4.19. The maximum atomic E-state index is 12.5. The van der Waals surface area contributed by atoms with Crippen molar-refractivity contribution in [2.24, 2.45) is 0 Å². The van der Waals surface area contributed by atoms with E-state index < -0.39 is 0 Å². The summed E-state index contributed by atoms with van der Waals surface area (Å²) in [5, 5.41) is 12.3. The summed E-state index contributed by atoms with van der Waals surface area (Å²) in [5.74, 6) is 0.692. The van der Waals surface area contributed by atoms with Crippen molar-refractivity contribution in [1.29, 1.82) is 0 Å². The van der Waals surface area contributed by atoms with E-state index in [4.69, 9.17) is 4.52 Å². The molecular formula is C21H23N5O3. The van der Waals surface area contributed by atoms with Gasteiger partial charge in [-0.05, 0) is 43.7 Å². The number of benzene rings is 2. The average Bonchev–Trinajstić information content (AvgIpc) is 3.09. The highest BCUT2D eigenvalue weighted by Crippen LogP contribution is 2.21. The second-order valence-electron chi connectivity index (χ2n) is 6.69. The second-order valence-corrected chi connectivity index (χ2v) is 6.69. The number of carbonyl (C=O) groups is 2. The van der Waals surface area contributed by atoms with E-state index in [1.807, 2.05) is 31.2 Å². The molecule has 150 valence electrons. The predicted octanol–water partition coefficient (Wildman–Crippen LogP) is 4.60. The number of para-hydroxylation sites is 1. The molecular weight excluding hydrogens is 370 g/mol. The molecule has 8 nitrogen and oxygen atoms in total. The van der Waals surface area contributed by atoms with E-state index in [2.05, 4.69) is 21.1 Å². The Kier molecular flexibility index (Phi) is 6.13. The van der Waals surface area contributed by atoms with Crippen LogP contribution in [0.3, 0.4) is 0 Å². The van der Waals surface area contributed by atoms with Gasteiger partial charge in [0.1, 0.15) is 11.5 Å². The molecule has 0 saturated carbocycles. The van der Waals surface area contributed by atoms with Crippen LogP contribution in [-0.4, -0.2) is 29.2 Å². The standard InChI is InChI=1S/C21H23N5O3/c1-14-9-10-17(23-20(27)22-16-7-5-4-6-8-16)12-19(14)24-21(28)26(3)13-18-11-15(2)29-25-18/h4-12H,13H2,1-3H3,(H,24,28)(H2,22,23,27). The first-order valence-corrected chi connectivity index (χ1v) is 9.09. The van der Waals surface area contributed by atoms with Gasteiger partial charge in [0.2, 0.25) is 0 Å². The van der Waals surface area contributed by atoms with Crippen LogP contribution in [0.2, 0.25) is 0 Å². The molecule has 4 amide bonds. The molecule has 0 atom stereocenters. The molecule has 29 heavy (non-hydrogen) atoms. The van der Waals surface area contributed by atoms with Crippen LogP contribution in [0.25, 0.3) is 0 Å². The molecule has 3 rings (SSSR count). The Balaban J connectivity index is 1.62. The molecule has 0 aliphatic carbocycles. The Morgan fingerprint density at radius 1 is 0.966 bits per heavy atom. The van der Waals surface area contributed by atoms with Gasteiger partial charge in [0, 0.05) is 30.2 Å².